The average Bonchev–Trinajstić information content (AvgIpc) is 2.65. The van der Waals surface area contributed by atoms with Gasteiger partial charge in [0.2, 0.25) is 10.0 Å². The monoisotopic (exact) mass is 403 g/mol. The molecule has 1 amide bonds. The van der Waals surface area contributed by atoms with Crippen LogP contribution in [0.5, 0.6) is 0 Å². The first-order valence-corrected chi connectivity index (χ1v) is 10.6. The highest BCUT2D eigenvalue weighted by molar-refractivity contribution is 7.89. The highest BCUT2D eigenvalue weighted by atomic mass is 35.5. The van der Waals surface area contributed by atoms with Gasteiger partial charge in [-0.3, -0.25) is 4.79 Å². The summed E-state index contributed by atoms with van der Waals surface area (Å²) in [6, 6.07) is 7.19. The highest BCUT2D eigenvalue weighted by Crippen LogP contribution is 2.21. The number of piperidine rings is 1. The lowest BCUT2D eigenvalue weighted by atomic mass is 9.93. The summed E-state index contributed by atoms with van der Waals surface area (Å²) in [5.41, 5.74) is 1.51. The summed E-state index contributed by atoms with van der Waals surface area (Å²) in [5.74, 6) is 0.826. The standard InChI is InChI=1S/C18H29N3O3S.ClH/c1-3-25(23,24)20-14-16-4-6-17(7-5-16)18(22)21-12-9-15(10-13-21)8-11-19-2;/h4-7,15,19-20H,3,8-14H2,1-2H3;1H. The van der Waals surface area contributed by atoms with E-state index in [0.717, 1.165) is 38.0 Å². The van der Waals surface area contributed by atoms with E-state index in [1.807, 2.05) is 24.1 Å². The van der Waals surface area contributed by atoms with Gasteiger partial charge in [0, 0.05) is 25.2 Å². The minimum atomic E-state index is -3.20. The van der Waals surface area contributed by atoms with Crippen molar-refractivity contribution in [3.05, 3.63) is 35.4 Å². The third kappa shape index (κ3) is 6.87. The molecule has 1 aromatic carbocycles. The third-order valence-electron chi connectivity index (χ3n) is 4.78. The second kappa shape index (κ2) is 10.9. The number of carbonyl (C=O) groups excluding carboxylic acids is 1. The molecule has 148 valence electrons. The van der Waals surface area contributed by atoms with E-state index in [0.29, 0.717) is 11.5 Å². The van der Waals surface area contributed by atoms with E-state index in [9.17, 15) is 13.2 Å². The Hall–Kier alpha value is -1.15. The molecule has 1 fully saturated rings. The van der Waals surface area contributed by atoms with Gasteiger partial charge in [0.05, 0.1) is 5.75 Å². The zero-order valence-electron chi connectivity index (χ0n) is 15.5. The van der Waals surface area contributed by atoms with Crippen molar-refractivity contribution >= 4 is 28.3 Å². The topological polar surface area (TPSA) is 78.5 Å². The lowest BCUT2D eigenvalue weighted by Gasteiger charge is -2.32. The molecule has 1 saturated heterocycles. The largest absolute Gasteiger partial charge is 0.339 e. The molecule has 0 aromatic heterocycles. The van der Waals surface area contributed by atoms with E-state index >= 15 is 0 Å². The maximum Gasteiger partial charge on any atom is 0.253 e. The summed E-state index contributed by atoms with van der Waals surface area (Å²) in [4.78, 5) is 14.5. The van der Waals surface area contributed by atoms with Gasteiger partial charge in [-0.15, -0.1) is 12.4 Å². The average molecular weight is 404 g/mol. The van der Waals surface area contributed by atoms with Crippen LogP contribution in [0.3, 0.4) is 0 Å². The molecule has 2 rings (SSSR count). The van der Waals surface area contributed by atoms with Crippen LogP contribution in [0, 0.1) is 5.92 Å². The predicted molar refractivity (Wildman–Crippen MR) is 107 cm³/mol. The smallest absolute Gasteiger partial charge is 0.253 e. The van der Waals surface area contributed by atoms with E-state index in [1.165, 1.54) is 6.42 Å². The number of nitrogens with one attached hydrogen (secondary N) is 2. The van der Waals surface area contributed by atoms with Crippen molar-refractivity contribution in [2.24, 2.45) is 5.92 Å². The number of sulfonamides is 1. The van der Waals surface area contributed by atoms with Gasteiger partial charge >= 0.3 is 0 Å². The van der Waals surface area contributed by atoms with Crippen molar-refractivity contribution in [3.63, 3.8) is 0 Å². The first-order chi connectivity index (χ1) is 11.9. The Labute approximate surface area is 163 Å². The number of halogens is 1. The molecule has 0 atom stereocenters. The molecule has 2 N–H and O–H groups in total. The maximum atomic E-state index is 12.6. The quantitative estimate of drug-likeness (QED) is 0.695. The number of carbonyl (C=O) groups is 1. The molecule has 0 bridgehead atoms. The number of nitrogens with zero attached hydrogens (tertiary/aromatic N) is 1. The SMILES string of the molecule is CCS(=O)(=O)NCc1ccc(C(=O)N2CCC(CCNC)CC2)cc1.Cl. The van der Waals surface area contributed by atoms with Crippen LogP contribution in [0.15, 0.2) is 24.3 Å². The van der Waals surface area contributed by atoms with E-state index in [2.05, 4.69) is 10.0 Å². The van der Waals surface area contributed by atoms with Gasteiger partial charge in [0.1, 0.15) is 0 Å². The van der Waals surface area contributed by atoms with Crippen molar-refractivity contribution in [2.75, 3.05) is 32.4 Å². The number of likely N-dealkylation sites (tertiary alicyclic amines) is 1. The van der Waals surface area contributed by atoms with E-state index < -0.39 is 10.0 Å². The Bertz CT molecular complexity index is 657. The van der Waals surface area contributed by atoms with Gasteiger partial charge < -0.3 is 10.2 Å². The zero-order valence-corrected chi connectivity index (χ0v) is 17.2. The Morgan fingerprint density at radius 3 is 2.35 bits per heavy atom. The van der Waals surface area contributed by atoms with Crippen molar-refractivity contribution in [1.82, 2.24) is 14.9 Å². The van der Waals surface area contributed by atoms with Crippen LogP contribution < -0.4 is 10.0 Å². The molecule has 0 unspecified atom stereocenters. The number of rotatable bonds is 8. The molecule has 8 heteroatoms. The molecular formula is C18H30ClN3O3S. The first-order valence-electron chi connectivity index (χ1n) is 8.95. The molecule has 1 aromatic rings. The van der Waals surface area contributed by atoms with Crippen LogP contribution in [-0.4, -0.2) is 51.7 Å². The van der Waals surface area contributed by atoms with Crippen molar-refractivity contribution in [1.29, 1.82) is 0 Å². The number of hydrogen-bond donors (Lipinski definition) is 2. The van der Waals surface area contributed by atoms with Gasteiger partial charge in [-0.1, -0.05) is 12.1 Å². The summed E-state index contributed by atoms with van der Waals surface area (Å²) in [6.45, 7) is 4.51. The third-order valence-corrected chi connectivity index (χ3v) is 6.13. The predicted octanol–water partition coefficient (Wildman–Crippen LogP) is 2.01. The van der Waals surface area contributed by atoms with E-state index in [4.69, 9.17) is 0 Å². The Balaban J connectivity index is 0.00000338. The van der Waals surface area contributed by atoms with Crippen LogP contribution in [0.25, 0.3) is 0 Å². The van der Waals surface area contributed by atoms with Gasteiger partial charge in [-0.2, -0.15) is 0 Å². The molecular weight excluding hydrogens is 374 g/mol. The van der Waals surface area contributed by atoms with Crippen molar-refractivity contribution in [2.45, 2.75) is 32.7 Å². The van der Waals surface area contributed by atoms with E-state index in [-0.39, 0.29) is 30.6 Å². The van der Waals surface area contributed by atoms with Crippen LogP contribution in [0.1, 0.15) is 42.1 Å². The van der Waals surface area contributed by atoms with Crippen molar-refractivity contribution < 1.29 is 13.2 Å². The molecule has 1 heterocycles. The minimum absolute atomic E-state index is 0. The molecule has 1 aliphatic rings. The number of amides is 1. The zero-order chi connectivity index (χ0) is 18.3. The van der Waals surface area contributed by atoms with Crippen molar-refractivity contribution in [3.8, 4) is 0 Å². The fraction of sp³-hybridized carbons (Fsp3) is 0.611. The lowest BCUT2D eigenvalue weighted by molar-refractivity contribution is 0.0687. The summed E-state index contributed by atoms with van der Waals surface area (Å²) in [5, 5.41) is 3.18. The van der Waals surface area contributed by atoms with Crippen LogP contribution in [0.2, 0.25) is 0 Å². The van der Waals surface area contributed by atoms with Gasteiger partial charge in [0.25, 0.3) is 5.91 Å². The molecule has 0 spiro atoms. The first kappa shape index (κ1) is 22.9. The Morgan fingerprint density at radius 2 is 1.81 bits per heavy atom. The van der Waals surface area contributed by atoms with Gasteiger partial charge in [-0.25, -0.2) is 13.1 Å². The summed E-state index contributed by atoms with van der Waals surface area (Å²) >= 11 is 0. The van der Waals surface area contributed by atoms with Gasteiger partial charge in [-0.05, 0) is 63.4 Å². The van der Waals surface area contributed by atoms with Crippen LogP contribution >= 0.6 is 12.4 Å². The fourth-order valence-corrected chi connectivity index (χ4v) is 3.61. The normalized spacial score (nSPS) is 15.5. The fourth-order valence-electron chi connectivity index (χ4n) is 3.02. The summed E-state index contributed by atoms with van der Waals surface area (Å²) < 4.78 is 25.5. The number of hydrogen-bond acceptors (Lipinski definition) is 4. The second-order valence-electron chi connectivity index (χ2n) is 6.55. The maximum absolute atomic E-state index is 12.6. The summed E-state index contributed by atoms with van der Waals surface area (Å²) in [6.07, 6.45) is 3.29. The molecule has 0 saturated carbocycles. The van der Waals surface area contributed by atoms with Crippen LogP contribution in [0.4, 0.5) is 0 Å². The minimum Gasteiger partial charge on any atom is -0.339 e. The van der Waals surface area contributed by atoms with E-state index in [1.54, 1.807) is 19.1 Å². The molecule has 1 aliphatic heterocycles. The lowest BCUT2D eigenvalue weighted by Crippen LogP contribution is -2.39. The summed E-state index contributed by atoms with van der Waals surface area (Å²) in [7, 11) is -1.24. The molecule has 6 nitrogen and oxygen atoms in total. The van der Waals surface area contributed by atoms with Gasteiger partial charge in [0.15, 0.2) is 0 Å². The Kier molecular flexibility index (Phi) is 9.57. The number of benzene rings is 1. The second-order valence-corrected chi connectivity index (χ2v) is 8.64. The van der Waals surface area contributed by atoms with Crippen LogP contribution in [-0.2, 0) is 16.6 Å². The molecule has 0 aliphatic carbocycles. The molecule has 0 radical (unpaired) electrons. The highest BCUT2D eigenvalue weighted by Gasteiger charge is 2.23. The Morgan fingerprint density at radius 1 is 1.19 bits per heavy atom. The molecule has 26 heavy (non-hydrogen) atoms.